The minimum Gasteiger partial charge on any atom is -0.452 e. The SMILES string of the molecule is O=C(COC(=O)c1ccc(N2C(=O)[C@H]3C4c5ccccc5C(c5ccccc54)[C@@H]3C2=O)cc1)Nc1ccc(Cl)cc1Cl. The van der Waals surface area contributed by atoms with Crippen molar-refractivity contribution < 1.29 is 23.9 Å². The van der Waals surface area contributed by atoms with Gasteiger partial charge in [-0.15, -0.1) is 0 Å². The van der Waals surface area contributed by atoms with Gasteiger partial charge in [-0.2, -0.15) is 0 Å². The number of imide groups is 1. The first-order chi connectivity index (χ1) is 20.3. The topological polar surface area (TPSA) is 92.8 Å². The minimum absolute atomic E-state index is 0.174. The van der Waals surface area contributed by atoms with E-state index in [1.165, 1.54) is 23.1 Å². The number of nitrogens with one attached hydrogen (secondary N) is 1. The maximum atomic E-state index is 13.9. The summed E-state index contributed by atoms with van der Waals surface area (Å²) < 4.78 is 5.15. The van der Waals surface area contributed by atoms with Gasteiger partial charge in [0.15, 0.2) is 6.61 Å². The number of esters is 1. The lowest BCUT2D eigenvalue weighted by Crippen LogP contribution is -2.41. The van der Waals surface area contributed by atoms with Gasteiger partial charge in [0.2, 0.25) is 11.8 Å². The summed E-state index contributed by atoms with van der Waals surface area (Å²) >= 11 is 11.9. The fourth-order valence-corrected chi connectivity index (χ4v) is 7.13. The molecule has 4 aromatic rings. The Morgan fingerprint density at radius 2 is 1.26 bits per heavy atom. The first kappa shape index (κ1) is 26.4. The molecule has 3 aliphatic carbocycles. The first-order valence-electron chi connectivity index (χ1n) is 13.4. The van der Waals surface area contributed by atoms with Crippen LogP contribution in [0.15, 0.2) is 91.0 Å². The van der Waals surface area contributed by atoms with Crippen LogP contribution in [0.4, 0.5) is 11.4 Å². The Bertz CT molecular complexity index is 1690. The van der Waals surface area contributed by atoms with Gasteiger partial charge in [-0.3, -0.25) is 14.4 Å². The van der Waals surface area contributed by atoms with Crippen LogP contribution in [-0.4, -0.2) is 30.3 Å². The third kappa shape index (κ3) is 4.11. The summed E-state index contributed by atoms with van der Waals surface area (Å²) in [5.74, 6) is -3.16. The predicted molar refractivity (Wildman–Crippen MR) is 158 cm³/mol. The fraction of sp³-hybridized carbons (Fsp3) is 0.152. The molecule has 1 N–H and O–H groups in total. The molecule has 7 nitrogen and oxygen atoms in total. The maximum Gasteiger partial charge on any atom is 0.338 e. The smallest absolute Gasteiger partial charge is 0.338 e. The van der Waals surface area contributed by atoms with Crippen LogP contribution in [0, 0.1) is 11.8 Å². The Balaban J connectivity index is 1.08. The van der Waals surface area contributed by atoms with E-state index in [0.29, 0.717) is 16.4 Å². The number of hydrogen-bond donors (Lipinski definition) is 1. The van der Waals surface area contributed by atoms with E-state index in [2.05, 4.69) is 29.6 Å². The van der Waals surface area contributed by atoms with Crippen LogP contribution in [0.3, 0.4) is 0 Å². The average molecular weight is 597 g/mol. The normalized spacial score (nSPS) is 21.4. The molecule has 42 heavy (non-hydrogen) atoms. The zero-order chi connectivity index (χ0) is 29.1. The second-order valence-electron chi connectivity index (χ2n) is 10.6. The van der Waals surface area contributed by atoms with E-state index in [0.717, 1.165) is 22.3 Å². The highest BCUT2D eigenvalue weighted by Crippen LogP contribution is 2.61. The summed E-state index contributed by atoms with van der Waals surface area (Å²) in [5.41, 5.74) is 5.31. The minimum atomic E-state index is -0.726. The molecule has 4 aliphatic rings. The molecule has 1 aliphatic heterocycles. The lowest BCUT2D eigenvalue weighted by atomic mass is 9.55. The molecule has 0 unspecified atom stereocenters. The second-order valence-corrected chi connectivity index (χ2v) is 11.4. The molecular formula is C33H22Cl2N2O5. The molecule has 1 saturated heterocycles. The number of anilines is 2. The molecule has 208 valence electrons. The number of ether oxygens (including phenoxy) is 1. The largest absolute Gasteiger partial charge is 0.452 e. The summed E-state index contributed by atoms with van der Waals surface area (Å²) in [7, 11) is 0. The molecule has 8 rings (SSSR count). The number of rotatable bonds is 5. The van der Waals surface area contributed by atoms with Crippen LogP contribution < -0.4 is 10.2 Å². The Labute approximate surface area is 251 Å². The highest BCUT2D eigenvalue weighted by molar-refractivity contribution is 6.36. The molecule has 0 radical (unpaired) electrons. The standard InChI is InChI=1S/C33H22Cl2N2O5/c34-18-11-14-25(24(35)15-18)36-26(38)16-42-33(41)17-9-12-19(13-10-17)37-31(39)29-27-20-5-1-2-6-21(20)28(30(29)32(37)40)23-8-4-3-7-22(23)27/h1-15,27-30H,16H2,(H,36,38)/t27?,28?,29-,30-/m0/s1. The van der Waals surface area contributed by atoms with Crippen LogP contribution in [0.2, 0.25) is 10.0 Å². The van der Waals surface area contributed by atoms with Crippen LogP contribution in [0.5, 0.6) is 0 Å². The van der Waals surface area contributed by atoms with Gasteiger partial charge in [0, 0.05) is 16.9 Å². The van der Waals surface area contributed by atoms with E-state index >= 15 is 0 Å². The van der Waals surface area contributed by atoms with E-state index in [1.54, 1.807) is 24.3 Å². The Morgan fingerprint density at radius 1 is 0.738 bits per heavy atom. The summed E-state index contributed by atoms with van der Waals surface area (Å²) in [6.45, 7) is -0.532. The number of halogens is 2. The van der Waals surface area contributed by atoms with Gasteiger partial charge in [-0.25, -0.2) is 9.69 Å². The van der Waals surface area contributed by atoms with Crippen molar-refractivity contribution in [2.24, 2.45) is 11.8 Å². The van der Waals surface area contributed by atoms with Crippen molar-refractivity contribution in [1.82, 2.24) is 0 Å². The van der Waals surface area contributed by atoms with E-state index in [9.17, 15) is 19.2 Å². The molecular weight excluding hydrogens is 575 g/mol. The molecule has 4 aromatic carbocycles. The summed E-state index contributed by atoms with van der Waals surface area (Å²) in [5, 5.41) is 3.24. The van der Waals surface area contributed by atoms with Gasteiger partial charge in [0.25, 0.3) is 5.91 Å². The van der Waals surface area contributed by atoms with Crippen molar-refractivity contribution >= 4 is 58.3 Å². The summed E-state index contributed by atoms with van der Waals surface area (Å²) in [4.78, 5) is 54.0. The van der Waals surface area contributed by atoms with Crippen molar-refractivity contribution in [1.29, 1.82) is 0 Å². The molecule has 0 saturated carbocycles. The van der Waals surface area contributed by atoms with E-state index in [-0.39, 0.29) is 34.2 Å². The van der Waals surface area contributed by atoms with Gasteiger partial charge in [-0.05, 0) is 64.7 Å². The number of nitrogens with zero attached hydrogens (tertiary/aromatic N) is 1. The molecule has 2 bridgehead atoms. The average Bonchev–Trinajstić information content (AvgIpc) is 3.27. The fourth-order valence-electron chi connectivity index (χ4n) is 6.67. The van der Waals surface area contributed by atoms with Crippen LogP contribution >= 0.6 is 23.2 Å². The van der Waals surface area contributed by atoms with Crippen LogP contribution in [-0.2, 0) is 19.1 Å². The molecule has 9 heteroatoms. The first-order valence-corrected chi connectivity index (χ1v) is 14.2. The molecule has 0 spiro atoms. The number of carbonyl (C=O) groups is 4. The highest BCUT2D eigenvalue weighted by atomic mass is 35.5. The predicted octanol–water partition coefficient (Wildman–Crippen LogP) is 6.19. The quantitative estimate of drug-likeness (QED) is 0.219. The van der Waals surface area contributed by atoms with Crippen LogP contribution in [0.25, 0.3) is 0 Å². The Morgan fingerprint density at radius 3 is 1.76 bits per heavy atom. The van der Waals surface area contributed by atoms with Gasteiger partial charge in [-0.1, -0.05) is 71.7 Å². The zero-order valence-electron chi connectivity index (χ0n) is 21.9. The van der Waals surface area contributed by atoms with Crippen LogP contribution in [0.1, 0.15) is 44.4 Å². The van der Waals surface area contributed by atoms with Gasteiger partial charge in [0.05, 0.1) is 33.8 Å². The molecule has 2 atom stereocenters. The summed E-state index contributed by atoms with van der Waals surface area (Å²) in [6, 6.07) is 26.8. The van der Waals surface area contributed by atoms with Gasteiger partial charge >= 0.3 is 5.97 Å². The molecule has 0 aromatic heterocycles. The number of carbonyl (C=O) groups excluding carboxylic acids is 4. The lowest BCUT2D eigenvalue weighted by Gasteiger charge is -2.45. The van der Waals surface area contributed by atoms with E-state index in [1.807, 2.05) is 24.3 Å². The van der Waals surface area contributed by atoms with Crippen molar-refractivity contribution in [2.45, 2.75) is 11.8 Å². The van der Waals surface area contributed by atoms with Crippen molar-refractivity contribution in [3.05, 3.63) is 129 Å². The third-order valence-corrected chi connectivity index (χ3v) is 8.90. The van der Waals surface area contributed by atoms with Crippen molar-refractivity contribution in [3.63, 3.8) is 0 Å². The zero-order valence-corrected chi connectivity index (χ0v) is 23.4. The van der Waals surface area contributed by atoms with E-state index in [4.69, 9.17) is 27.9 Å². The number of hydrogen-bond acceptors (Lipinski definition) is 5. The number of benzene rings is 4. The molecule has 1 fully saturated rings. The molecule has 1 heterocycles. The highest BCUT2D eigenvalue weighted by Gasteiger charge is 2.61. The van der Waals surface area contributed by atoms with E-state index < -0.39 is 30.3 Å². The monoisotopic (exact) mass is 596 g/mol. The Hall–Kier alpha value is -4.46. The molecule has 3 amide bonds. The van der Waals surface area contributed by atoms with Gasteiger partial charge in [0.1, 0.15) is 0 Å². The van der Waals surface area contributed by atoms with Crippen molar-refractivity contribution in [2.75, 3.05) is 16.8 Å². The van der Waals surface area contributed by atoms with Gasteiger partial charge < -0.3 is 10.1 Å². The number of amides is 3. The second kappa shape index (κ2) is 10.1. The third-order valence-electron chi connectivity index (χ3n) is 8.35. The maximum absolute atomic E-state index is 13.9. The van der Waals surface area contributed by atoms with Crippen molar-refractivity contribution in [3.8, 4) is 0 Å². The lowest BCUT2D eigenvalue weighted by molar-refractivity contribution is -0.122. The Kier molecular flexibility index (Phi) is 6.37. The summed E-state index contributed by atoms with van der Waals surface area (Å²) in [6.07, 6.45) is 0.